The van der Waals surface area contributed by atoms with Gasteiger partial charge in [-0.05, 0) is 0 Å². The SMILES string of the molecule is CCC[CH2][Sn]1([CH2]CCC)[O][C@@H]2[C@@H]([O]1)[C@@H](O[C@H]1O[C@@H]3COC(c4ccccc4)O[C@H]3[C@@H]3[O][Sn]([CH2]CCC)([CH2]CCC)[O][C@@H]13)O[C@@H]1COC(c3ccccc3)O[C@@H]21. The predicted molar refractivity (Wildman–Crippen MR) is 208 cm³/mol. The normalized spacial score (nSPS) is 37.5. The van der Waals surface area contributed by atoms with Gasteiger partial charge in [-0.2, -0.15) is 0 Å². The average Bonchev–Trinajstić information content (AvgIpc) is 3.82. The molecule has 6 heterocycles. The molecule has 2 aromatic rings. The molecule has 0 amide bonds. The van der Waals surface area contributed by atoms with E-state index in [0.717, 1.165) is 80.2 Å². The van der Waals surface area contributed by atoms with E-state index in [9.17, 15) is 0 Å². The number of benzene rings is 2. The minimum atomic E-state index is -3.61. The Morgan fingerprint density at radius 3 is 1.20 bits per heavy atom. The predicted octanol–water partition coefficient (Wildman–Crippen LogP) is 8.33. The number of rotatable bonds is 16. The fourth-order valence-corrected chi connectivity index (χ4v) is 32.3. The van der Waals surface area contributed by atoms with Crippen LogP contribution in [0.1, 0.15) is 103 Å². The van der Waals surface area contributed by atoms with Crippen LogP contribution in [0.25, 0.3) is 0 Å². The van der Waals surface area contributed by atoms with E-state index in [1.807, 2.05) is 60.7 Å². The molecule has 12 atom stereocenters. The monoisotopic (exact) mass is 982 g/mol. The molecule has 0 aromatic heterocycles. The summed E-state index contributed by atoms with van der Waals surface area (Å²) < 4.78 is 80.1. The first kappa shape index (κ1) is 41.3. The van der Waals surface area contributed by atoms with Gasteiger partial charge in [-0.25, -0.2) is 0 Å². The zero-order valence-electron chi connectivity index (χ0n) is 33.1. The third kappa shape index (κ3) is 9.05. The number of fused-ring (bicyclic) bond motifs is 6. The van der Waals surface area contributed by atoms with E-state index in [2.05, 4.69) is 27.7 Å². The molecule has 2 unspecified atom stereocenters. The molecule has 304 valence electrons. The second kappa shape index (κ2) is 18.9. The molecule has 0 saturated carbocycles. The topological polar surface area (TPSA) is 102 Å². The van der Waals surface area contributed by atoms with E-state index in [1.165, 1.54) is 0 Å². The van der Waals surface area contributed by atoms with Crippen molar-refractivity contribution in [1.29, 1.82) is 0 Å². The molecule has 0 bridgehead atoms. The van der Waals surface area contributed by atoms with E-state index in [4.69, 9.17) is 45.5 Å². The van der Waals surface area contributed by atoms with Crippen LogP contribution < -0.4 is 0 Å². The van der Waals surface area contributed by atoms with E-state index in [1.54, 1.807) is 0 Å². The molecule has 6 saturated heterocycles. The molecule has 8 rings (SSSR count). The Kier molecular flexibility index (Phi) is 14.2. The Morgan fingerprint density at radius 2 is 0.836 bits per heavy atom. The van der Waals surface area contributed by atoms with Gasteiger partial charge in [0.15, 0.2) is 0 Å². The quantitative estimate of drug-likeness (QED) is 0.152. The Labute approximate surface area is 337 Å². The fourth-order valence-electron chi connectivity index (χ4n) is 9.08. The molecular formula is C42H62O11Sn2. The van der Waals surface area contributed by atoms with Gasteiger partial charge in [0.05, 0.1) is 0 Å². The van der Waals surface area contributed by atoms with Crippen molar-refractivity contribution < 1.29 is 45.5 Å². The van der Waals surface area contributed by atoms with Gasteiger partial charge in [0.2, 0.25) is 0 Å². The summed E-state index contributed by atoms with van der Waals surface area (Å²) in [5.41, 5.74) is 1.95. The average molecular weight is 980 g/mol. The molecule has 0 spiro atoms. The molecule has 6 aliphatic rings. The zero-order chi connectivity index (χ0) is 37.8. The van der Waals surface area contributed by atoms with Crippen LogP contribution in [0.15, 0.2) is 60.7 Å². The summed E-state index contributed by atoms with van der Waals surface area (Å²) in [5, 5.41) is 0. The Bertz CT molecular complexity index is 1360. The molecule has 0 aliphatic carbocycles. The van der Waals surface area contributed by atoms with Gasteiger partial charge in [0.25, 0.3) is 0 Å². The van der Waals surface area contributed by atoms with Gasteiger partial charge >= 0.3 is 340 Å². The molecule has 6 aliphatic heterocycles. The van der Waals surface area contributed by atoms with Crippen LogP contribution in [0.3, 0.4) is 0 Å². The van der Waals surface area contributed by atoms with Crippen molar-refractivity contribution in [2.45, 2.75) is 171 Å². The standard InChI is InChI=1S/C26H26O11.4C4H9.2Sn/c27-17-19(29)25(33-15-11-31-23(35-21(15)17)13-7-3-1-4-8-13)37-26-20(30)18(28)22-16(34-26)12-32-24(36-22)14-9-5-2-6-10-14;4*1-3-4-2;;/h1-10,15-26H,11-12H2;4*1,3-4H2,2H3;;/q-4;;;;;2*+2/t15-,16-,17-,18-,19-,20-,21-,22-,23?,24?,25-,26-;;;;;;/m1....../s1. The molecule has 55 heavy (non-hydrogen) atoms. The molecule has 11 nitrogen and oxygen atoms in total. The first-order valence-electron chi connectivity index (χ1n) is 21.3. The molecule has 13 heteroatoms. The van der Waals surface area contributed by atoms with E-state index >= 15 is 0 Å². The van der Waals surface area contributed by atoms with Gasteiger partial charge in [-0.1, -0.05) is 0 Å². The third-order valence-corrected chi connectivity index (χ3v) is 32.8. The van der Waals surface area contributed by atoms with Crippen LogP contribution in [0.4, 0.5) is 0 Å². The summed E-state index contributed by atoms with van der Waals surface area (Å²) in [6.45, 7) is 9.64. The second-order valence-electron chi connectivity index (χ2n) is 16.1. The summed E-state index contributed by atoms with van der Waals surface area (Å²) in [4.78, 5) is 0. The number of hydrogen-bond acceptors (Lipinski definition) is 11. The zero-order valence-corrected chi connectivity index (χ0v) is 38.8. The van der Waals surface area contributed by atoms with Crippen molar-refractivity contribution in [3.05, 3.63) is 71.8 Å². The maximum atomic E-state index is 7.30. The van der Waals surface area contributed by atoms with Crippen molar-refractivity contribution in [2.75, 3.05) is 13.2 Å². The fraction of sp³-hybridized carbons (Fsp3) is 0.714. The van der Waals surface area contributed by atoms with Crippen molar-refractivity contribution in [1.82, 2.24) is 0 Å². The first-order valence-corrected chi connectivity index (χ1v) is 34.0. The molecule has 6 fully saturated rings. The first-order chi connectivity index (χ1) is 27.0. The van der Waals surface area contributed by atoms with Crippen LogP contribution in [-0.4, -0.2) is 113 Å². The van der Waals surface area contributed by atoms with Crippen LogP contribution >= 0.6 is 0 Å². The summed E-state index contributed by atoms with van der Waals surface area (Å²) in [6, 6.07) is 20.2. The summed E-state index contributed by atoms with van der Waals surface area (Å²) >= 11 is -7.21. The Hall–Kier alpha value is -0.403. The van der Waals surface area contributed by atoms with Gasteiger partial charge in [-0.3, -0.25) is 0 Å². The third-order valence-electron chi connectivity index (χ3n) is 12.0. The van der Waals surface area contributed by atoms with Gasteiger partial charge in [-0.15, -0.1) is 0 Å². The molecule has 0 N–H and O–H groups in total. The summed E-state index contributed by atoms with van der Waals surface area (Å²) in [6.07, 6.45) is 3.01. The molecular weight excluding hydrogens is 918 g/mol. The second-order valence-corrected chi connectivity index (χ2v) is 34.9. The van der Waals surface area contributed by atoms with Crippen molar-refractivity contribution in [3.63, 3.8) is 0 Å². The number of unbranched alkanes of at least 4 members (excludes halogenated alkanes) is 4. The Balaban J connectivity index is 1.08. The van der Waals surface area contributed by atoms with Crippen LogP contribution in [0.2, 0.25) is 17.7 Å². The van der Waals surface area contributed by atoms with Gasteiger partial charge < -0.3 is 0 Å². The van der Waals surface area contributed by atoms with E-state index in [0.29, 0.717) is 13.2 Å². The van der Waals surface area contributed by atoms with Gasteiger partial charge in [0, 0.05) is 0 Å². The van der Waals surface area contributed by atoms with Crippen LogP contribution in [0, 0.1) is 0 Å². The van der Waals surface area contributed by atoms with Gasteiger partial charge in [0.1, 0.15) is 0 Å². The van der Waals surface area contributed by atoms with Crippen molar-refractivity contribution >= 4 is 38.4 Å². The number of hydrogen-bond donors (Lipinski definition) is 0. The van der Waals surface area contributed by atoms with Crippen LogP contribution in [-0.2, 0) is 45.5 Å². The minimum absolute atomic E-state index is 0.336. The van der Waals surface area contributed by atoms with E-state index in [-0.39, 0.29) is 24.4 Å². The summed E-state index contributed by atoms with van der Waals surface area (Å²) in [7, 11) is 0. The summed E-state index contributed by atoms with van der Waals surface area (Å²) in [5.74, 6) is 0. The Morgan fingerprint density at radius 1 is 0.473 bits per heavy atom. The van der Waals surface area contributed by atoms with E-state index < -0.39 is 88.0 Å². The van der Waals surface area contributed by atoms with Crippen LogP contribution in [0.5, 0.6) is 0 Å². The van der Waals surface area contributed by atoms with Crippen molar-refractivity contribution in [3.8, 4) is 0 Å². The maximum absolute atomic E-state index is 7.30. The molecule has 0 radical (unpaired) electrons. The number of ether oxygens (including phenoxy) is 7. The van der Waals surface area contributed by atoms with Crippen molar-refractivity contribution in [2.24, 2.45) is 0 Å². The molecule has 2 aromatic carbocycles.